The Bertz CT molecular complexity index is 622. The van der Waals surface area contributed by atoms with Gasteiger partial charge in [-0.1, -0.05) is 53.4 Å². The number of hydrogen-bond donors (Lipinski definition) is 2. The molecule has 0 aromatic heterocycles. The molecule has 0 amide bonds. The van der Waals surface area contributed by atoms with Gasteiger partial charge < -0.3 is 14.9 Å². The molecular weight excluding hydrogens is 408 g/mol. The van der Waals surface area contributed by atoms with Crippen molar-refractivity contribution < 1.29 is 14.9 Å². The molecule has 192 valence electrons. The van der Waals surface area contributed by atoms with Gasteiger partial charge in [0.1, 0.15) is 6.10 Å². The van der Waals surface area contributed by atoms with Crippen LogP contribution < -0.4 is 0 Å². The number of ether oxygens (including phenoxy) is 1. The lowest BCUT2D eigenvalue weighted by Crippen LogP contribution is -2.53. The molecule has 0 aromatic carbocycles. The van der Waals surface area contributed by atoms with Crippen molar-refractivity contribution in [2.45, 2.75) is 117 Å². The summed E-state index contributed by atoms with van der Waals surface area (Å²) in [5.74, 6) is 6.35. The minimum atomic E-state index is -0.737. The van der Waals surface area contributed by atoms with Crippen LogP contribution in [-0.2, 0) is 4.74 Å². The monoisotopic (exact) mass is 462 g/mol. The fourth-order valence-electron chi connectivity index (χ4n) is 9.80. The summed E-state index contributed by atoms with van der Waals surface area (Å²) in [5, 5.41) is 18.3. The van der Waals surface area contributed by atoms with E-state index in [9.17, 15) is 5.11 Å². The third kappa shape index (κ3) is 5.21. The second kappa shape index (κ2) is 10.9. The van der Waals surface area contributed by atoms with Crippen molar-refractivity contribution in [2.24, 2.45) is 52.3 Å². The molecule has 0 aliphatic heterocycles. The van der Waals surface area contributed by atoms with E-state index >= 15 is 0 Å². The van der Waals surface area contributed by atoms with Gasteiger partial charge in [0.2, 0.25) is 0 Å². The van der Waals surface area contributed by atoms with Crippen molar-refractivity contribution in [3.63, 3.8) is 0 Å². The van der Waals surface area contributed by atoms with Gasteiger partial charge in [-0.3, -0.25) is 0 Å². The van der Waals surface area contributed by atoms with Crippen molar-refractivity contribution >= 4 is 0 Å². The van der Waals surface area contributed by atoms with E-state index in [1.807, 2.05) is 0 Å². The number of rotatable bonds is 10. The van der Waals surface area contributed by atoms with Gasteiger partial charge in [-0.2, -0.15) is 0 Å². The molecule has 0 saturated heterocycles. The van der Waals surface area contributed by atoms with Crippen molar-refractivity contribution in [1.82, 2.24) is 0 Å². The van der Waals surface area contributed by atoms with Gasteiger partial charge in [-0.05, 0) is 110 Å². The van der Waals surface area contributed by atoms with Gasteiger partial charge in [0.05, 0.1) is 13.2 Å². The minimum absolute atomic E-state index is 0.214. The van der Waals surface area contributed by atoms with Crippen LogP contribution in [0.3, 0.4) is 0 Å². The Morgan fingerprint density at radius 1 is 0.848 bits per heavy atom. The minimum Gasteiger partial charge on any atom is -0.394 e. The molecule has 4 saturated carbocycles. The summed E-state index contributed by atoms with van der Waals surface area (Å²) in [4.78, 5) is 0. The van der Waals surface area contributed by atoms with Crippen LogP contribution in [0.15, 0.2) is 0 Å². The highest BCUT2D eigenvalue weighted by Gasteiger charge is 2.60. The van der Waals surface area contributed by atoms with E-state index in [1.54, 1.807) is 0 Å². The van der Waals surface area contributed by atoms with Crippen LogP contribution in [0.5, 0.6) is 0 Å². The number of aliphatic hydroxyl groups excluding tert-OH is 2. The molecule has 3 heteroatoms. The predicted octanol–water partition coefficient (Wildman–Crippen LogP) is 6.85. The Balaban J connectivity index is 1.28. The molecule has 0 radical (unpaired) electrons. The summed E-state index contributed by atoms with van der Waals surface area (Å²) < 4.78 is 5.58. The van der Waals surface area contributed by atoms with Crippen LogP contribution >= 0.6 is 0 Å². The van der Waals surface area contributed by atoms with E-state index in [2.05, 4.69) is 27.7 Å². The second-order valence-electron chi connectivity index (χ2n) is 13.5. The van der Waals surface area contributed by atoms with Crippen LogP contribution in [0, 0.1) is 52.3 Å². The maximum absolute atomic E-state index is 9.43. The lowest BCUT2D eigenvalue weighted by molar-refractivity contribution is -0.114. The zero-order valence-corrected chi connectivity index (χ0v) is 22.2. The molecule has 3 nitrogen and oxygen atoms in total. The molecule has 4 aliphatic rings. The van der Waals surface area contributed by atoms with E-state index < -0.39 is 6.10 Å². The fraction of sp³-hybridized carbons (Fsp3) is 1.00. The molecular formula is C30H54O3. The van der Waals surface area contributed by atoms with Crippen molar-refractivity contribution in [3.05, 3.63) is 0 Å². The average molecular weight is 463 g/mol. The molecule has 3 unspecified atom stereocenters. The standard InChI is InChI=1S/C30H54O3/c1-21(19-33-20-24(32)18-31)8-7-9-22(2)26-13-14-27-25-12-11-23-10-5-6-16-29(23,3)28(25)15-17-30(26,27)4/h21-28,31-32H,5-20H2,1-4H3/t21?,22-,23?,24?,25+,26-,27+,28+,29+,30-/m1/s1. The average Bonchev–Trinajstić information content (AvgIpc) is 3.15. The highest BCUT2D eigenvalue weighted by molar-refractivity contribution is 5.09. The summed E-state index contributed by atoms with van der Waals surface area (Å²) in [5.41, 5.74) is 1.26. The van der Waals surface area contributed by atoms with Crippen LogP contribution in [0.1, 0.15) is 111 Å². The zero-order chi connectivity index (χ0) is 23.6. The van der Waals surface area contributed by atoms with Gasteiger partial charge in [0, 0.05) is 6.61 Å². The summed E-state index contributed by atoms with van der Waals surface area (Å²) in [6.07, 6.45) is 18.2. The topological polar surface area (TPSA) is 49.7 Å². The van der Waals surface area contributed by atoms with E-state index in [0.717, 1.165) is 35.5 Å². The molecule has 4 rings (SSSR count). The van der Waals surface area contributed by atoms with Crippen molar-refractivity contribution in [1.29, 1.82) is 0 Å². The van der Waals surface area contributed by atoms with Crippen molar-refractivity contribution in [2.75, 3.05) is 19.8 Å². The van der Waals surface area contributed by atoms with Crippen LogP contribution in [0.2, 0.25) is 0 Å². The molecule has 33 heavy (non-hydrogen) atoms. The third-order valence-electron chi connectivity index (χ3n) is 11.6. The highest BCUT2D eigenvalue weighted by Crippen LogP contribution is 2.68. The molecule has 10 atom stereocenters. The van der Waals surface area contributed by atoms with E-state index in [1.165, 1.54) is 83.5 Å². The normalized spacial score (nSPS) is 43.3. The molecule has 0 bridgehead atoms. The molecule has 2 N–H and O–H groups in total. The van der Waals surface area contributed by atoms with Crippen LogP contribution in [-0.4, -0.2) is 36.1 Å². The maximum atomic E-state index is 9.43. The number of hydrogen-bond acceptors (Lipinski definition) is 3. The second-order valence-corrected chi connectivity index (χ2v) is 13.5. The van der Waals surface area contributed by atoms with Gasteiger partial charge in [0.15, 0.2) is 0 Å². The van der Waals surface area contributed by atoms with E-state index in [4.69, 9.17) is 9.84 Å². The molecule has 4 aliphatic carbocycles. The molecule has 0 spiro atoms. The van der Waals surface area contributed by atoms with Crippen LogP contribution in [0.25, 0.3) is 0 Å². The largest absolute Gasteiger partial charge is 0.394 e. The Morgan fingerprint density at radius 2 is 1.64 bits per heavy atom. The summed E-state index contributed by atoms with van der Waals surface area (Å²) in [7, 11) is 0. The number of fused-ring (bicyclic) bond motifs is 5. The lowest BCUT2D eigenvalue weighted by Gasteiger charge is -2.61. The van der Waals surface area contributed by atoms with Gasteiger partial charge in [0.25, 0.3) is 0 Å². The summed E-state index contributed by atoms with van der Waals surface area (Å²) in [6, 6.07) is 0. The van der Waals surface area contributed by atoms with E-state index in [-0.39, 0.29) is 13.2 Å². The SMILES string of the molecule is CC(CCC[C@@H](C)[C@H]1CC[C@H]2[C@@H]3CCC4CCCC[C@]4(C)[C@H]3CC[C@]12C)COCC(O)CO. The van der Waals surface area contributed by atoms with Gasteiger partial charge in [-0.25, -0.2) is 0 Å². The smallest absolute Gasteiger partial charge is 0.100 e. The zero-order valence-electron chi connectivity index (χ0n) is 22.2. The van der Waals surface area contributed by atoms with Gasteiger partial charge >= 0.3 is 0 Å². The highest BCUT2D eigenvalue weighted by atomic mass is 16.5. The first-order valence-electron chi connectivity index (χ1n) is 14.7. The Hall–Kier alpha value is -0.120. The molecule has 0 aromatic rings. The first-order valence-corrected chi connectivity index (χ1v) is 14.7. The first kappa shape index (κ1) is 26.0. The Morgan fingerprint density at radius 3 is 2.42 bits per heavy atom. The maximum Gasteiger partial charge on any atom is 0.100 e. The number of aliphatic hydroxyl groups is 2. The van der Waals surface area contributed by atoms with Crippen molar-refractivity contribution in [3.8, 4) is 0 Å². The Labute approximate surface area is 204 Å². The quantitative estimate of drug-likeness (QED) is 0.373. The summed E-state index contributed by atoms with van der Waals surface area (Å²) in [6.45, 7) is 11.0. The van der Waals surface area contributed by atoms with Crippen LogP contribution in [0.4, 0.5) is 0 Å². The lowest BCUT2D eigenvalue weighted by atomic mass is 9.44. The third-order valence-corrected chi connectivity index (χ3v) is 11.6. The molecule has 4 fully saturated rings. The Kier molecular flexibility index (Phi) is 8.55. The predicted molar refractivity (Wildman–Crippen MR) is 136 cm³/mol. The molecule has 0 heterocycles. The van der Waals surface area contributed by atoms with Gasteiger partial charge in [-0.15, -0.1) is 0 Å². The van der Waals surface area contributed by atoms with E-state index in [0.29, 0.717) is 23.4 Å². The first-order chi connectivity index (χ1) is 15.8. The fourth-order valence-corrected chi connectivity index (χ4v) is 9.80. The summed E-state index contributed by atoms with van der Waals surface area (Å²) >= 11 is 0.